The van der Waals surface area contributed by atoms with Crippen LogP contribution in [0, 0.1) is 11.8 Å². The van der Waals surface area contributed by atoms with Crippen LogP contribution in [-0.2, 0) is 28.8 Å². The first-order valence-corrected chi connectivity index (χ1v) is 20.6. The summed E-state index contributed by atoms with van der Waals surface area (Å²) in [7, 11) is 0. The number of hydrogen-bond donors (Lipinski definition) is 4. The van der Waals surface area contributed by atoms with E-state index >= 15 is 0 Å². The second-order valence-corrected chi connectivity index (χ2v) is 15.4. The molecule has 0 aliphatic heterocycles. The Balaban J connectivity index is 1.58. The molecule has 1 aliphatic rings. The molecule has 1 saturated carbocycles. The molecule has 0 bridgehead atoms. The summed E-state index contributed by atoms with van der Waals surface area (Å²) in [6.45, 7) is 9.61. The van der Waals surface area contributed by atoms with Gasteiger partial charge in [-0.05, 0) is 133 Å². The fraction of sp³-hybridized carbons (Fsp3) is 0.553. The van der Waals surface area contributed by atoms with E-state index in [1.165, 1.54) is 73.6 Å². The van der Waals surface area contributed by atoms with Gasteiger partial charge in [-0.3, -0.25) is 0 Å². The molecular formula is C47H66O7. The Bertz CT molecular complexity index is 1580. The average molecular weight is 743 g/mol. The fourth-order valence-corrected chi connectivity index (χ4v) is 7.87. The second-order valence-electron chi connectivity index (χ2n) is 15.4. The zero-order valence-electron chi connectivity index (χ0n) is 33.2. The van der Waals surface area contributed by atoms with Gasteiger partial charge >= 0.3 is 5.97 Å². The van der Waals surface area contributed by atoms with Crippen molar-refractivity contribution in [3.8, 4) is 28.0 Å². The summed E-state index contributed by atoms with van der Waals surface area (Å²) in [5, 5.41) is 39.4. The summed E-state index contributed by atoms with van der Waals surface area (Å²) in [4.78, 5) is 12.1. The molecule has 7 heteroatoms. The number of ether oxygens (including phenoxy) is 2. The molecule has 1 unspecified atom stereocenters. The normalized spacial score (nSPS) is 16.4. The van der Waals surface area contributed by atoms with Gasteiger partial charge in [-0.2, -0.15) is 0 Å². The van der Waals surface area contributed by atoms with Gasteiger partial charge in [-0.1, -0.05) is 88.6 Å². The van der Waals surface area contributed by atoms with Gasteiger partial charge < -0.3 is 29.9 Å². The minimum Gasteiger partial charge on any atom is -0.493 e. The number of carbonyl (C=O) groups is 1. The molecule has 296 valence electrons. The van der Waals surface area contributed by atoms with E-state index in [4.69, 9.17) is 9.47 Å². The Kier molecular flexibility index (Phi) is 18.2. The molecule has 1 fully saturated rings. The minimum atomic E-state index is -0.910. The first-order chi connectivity index (χ1) is 26.2. The molecule has 0 spiro atoms. The highest BCUT2D eigenvalue weighted by molar-refractivity contribution is 5.86. The smallest absolute Gasteiger partial charge is 0.333 e. The third-order valence-electron chi connectivity index (χ3n) is 11.3. The molecule has 54 heavy (non-hydrogen) atoms. The topological polar surface area (TPSA) is 116 Å². The molecule has 1 aliphatic carbocycles. The van der Waals surface area contributed by atoms with Crippen LogP contribution in [0.15, 0.2) is 66.7 Å². The molecule has 0 amide bonds. The number of carbonyl (C=O) groups excluding carboxylic acids is 1. The van der Waals surface area contributed by atoms with E-state index in [1.807, 2.05) is 0 Å². The lowest BCUT2D eigenvalue weighted by Crippen LogP contribution is -2.28. The van der Waals surface area contributed by atoms with Crippen LogP contribution in [0.1, 0.15) is 120 Å². The van der Waals surface area contributed by atoms with E-state index in [0.717, 1.165) is 34.6 Å². The summed E-state index contributed by atoms with van der Waals surface area (Å²) in [6, 6.07) is 20.3. The van der Waals surface area contributed by atoms with Gasteiger partial charge in [-0.15, -0.1) is 0 Å². The molecule has 4 N–H and O–H groups in total. The van der Waals surface area contributed by atoms with Gasteiger partial charge in [0, 0.05) is 24.5 Å². The van der Waals surface area contributed by atoms with E-state index in [1.54, 1.807) is 6.92 Å². The average Bonchev–Trinajstić information content (AvgIpc) is 3.19. The molecular weight excluding hydrogens is 677 g/mol. The number of benzene rings is 3. The van der Waals surface area contributed by atoms with E-state index < -0.39 is 18.0 Å². The molecule has 0 aromatic heterocycles. The Morgan fingerprint density at radius 1 is 0.796 bits per heavy atom. The van der Waals surface area contributed by atoms with Crippen molar-refractivity contribution < 1.29 is 34.7 Å². The van der Waals surface area contributed by atoms with Crippen LogP contribution in [0.2, 0.25) is 0 Å². The van der Waals surface area contributed by atoms with Crippen LogP contribution < -0.4 is 4.74 Å². The Morgan fingerprint density at radius 3 is 2.06 bits per heavy atom. The summed E-state index contributed by atoms with van der Waals surface area (Å²) in [5.74, 6) is 1.23. The van der Waals surface area contributed by atoms with Crippen LogP contribution in [0.4, 0.5) is 0 Å². The van der Waals surface area contributed by atoms with Crippen molar-refractivity contribution in [1.29, 1.82) is 0 Å². The lowest BCUT2D eigenvalue weighted by molar-refractivity contribution is -0.139. The molecule has 0 radical (unpaired) electrons. The van der Waals surface area contributed by atoms with Crippen molar-refractivity contribution in [2.24, 2.45) is 11.8 Å². The zero-order valence-corrected chi connectivity index (χ0v) is 33.2. The number of aliphatic hydroxyl groups excluding tert-OH is 4. The van der Waals surface area contributed by atoms with Crippen molar-refractivity contribution >= 4 is 5.97 Å². The highest BCUT2D eigenvalue weighted by Gasteiger charge is 2.23. The van der Waals surface area contributed by atoms with Crippen molar-refractivity contribution in [2.75, 3.05) is 33.0 Å². The minimum absolute atomic E-state index is 0.0389. The number of unbranched alkanes of at least 4 members (excludes halogenated alkanes) is 2. The van der Waals surface area contributed by atoms with Crippen LogP contribution >= 0.6 is 0 Å². The molecule has 3 aromatic rings. The number of hydrogen-bond acceptors (Lipinski definition) is 7. The van der Waals surface area contributed by atoms with Crippen LogP contribution in [-0.4, -0.2) is 65.5 Å². The lowest BCUT2D eigenvalue weighted by Gasteiger charge is -2.29. The van der Waals surface area contributed by atoms with Gasteiger partial charge in [0.25, 0.3) is 0 Å². The quantitative estimate of drug-likeness (QED) is 0.0435. The summed E-state index contributed by atoms with van der Waals surface area (Å²) < 4.78 is 11.8. The lowest BCUT2D eigenvalue weighted by atomic mass is 9.77. The molecule has 1 atom stereocenters. The number of aryl methyl sites for hydroxylation is 3. The number of aliphatic hydroxyl groups is 4. The first-order valence-electron chi connectivity index (χ1n) is 20.6. The maximum atomic E-state index is 12.1. The van der Waals surface area contributed by atoms with Crippen molar-refractivity contribution in [3.63, 3.8) is 0 Å². The second kappa shape index (κ2) is 22.8. The maximum absolute atomic E-state index is 12.1. The zero-order chi connectivity index (χ0) is 38.9. The maximum Gasteiger partial charge on any atom is 0.333 e. The van der Waals surface area contributed by atoms with E-state index in [2.05, 4.69) is 75.0 Å². The van der Waals surface area contributed by atoms with Crippen molar-refractivity contribution in [3.05, 3.63) is 89.0 Å². The van der Waals surface area contributed by atoms with Gasteiger partial charge in [-0.25, -0.2) is 4.79 Å². The number of rotatable bonds is 23. The van der Waals surface area contributed by atoms with Crippen molar-refractivity contribution in [1.82, 2.24) is 0 Å². The molecule has 7 nitrogen and oxygen atoms in total. The van der Waals surface area contributed by atoms with E-state index in [0.29, 0.717) is 42.9 Å². The van der Waals surface area contributed by atoms with E-state index in [-0.39, 0.29) is 39.5 Å². The van der Waals surface area contributed by atoms with Crippen LogP contribution in [0.5, 0.6) is 5.75 Å². The van der Waals surface area contributed by atoms with Crippen LogP contribution in [0.3, 0.4) is 0 Å². The van der Waals surface area contributed by atoms with Gasteiger partial charge in [0.2, 0.25) is 0 Å². The van der Waals surface area contributed by atoms with Gasteiger partial charge in [0.1, 0.15) is 5.75 Å². The third-order valence-corrected chi connectivity index (χ3v) is 11.3. The predicted octanol–water partition coefficient (Wildman–Crippen LogP) is 9.14. The summed E-state index contributed by atoms with van der Waals surface area (Å²) >= 11 is 0. The summed E-state index contributed by atoms with van der Waals surface area (Å²) in [6.07, 6.45) is 13.3. The number of esters is 1. The molecule has 0 heterocycles. The van der Waals surface area contributed by atoms with Gasteiger partial charge in [0.15, 0.2) is 0 Å². The molecule has 3 aromatic carbocycles. The first kappa shape index (κ1) is 43.2. The van der Waals surface area contributed by atoms with Crippen LogP contribution in [0.25, 0.3) is 22.3 Å². The Hall–Kier alpha value is -3.49. The third kappa shape index (κ3) is 12.5. The standard InChI is InChI=1S/C47H66O7/c1-5-7-8-11-34-14-16-36(17-15-34)37-18-20-38(21-19-37)39-22-23-44(35(6-2)28-39)42-29-40(12-9-25-48)46(53-27-24-45(51)43(31-49)32-50)41(30-42)13-10-26-54-47(52)33(3)4/h18-23,28-30,34,36,43,45,48-51H,3,5-17,24-27,31-32H2,1-2,4H3. The molecule has 4 rings (SSSR count). The SMILES string of the molecule is C=C(C)C(=O)OCCCc1cc(-c2ccc(-c3ccc(C4CCC(CCCCC)CC4)cc3)cc2CC)cc(CCCO)c1OCCC(O)C(CO)CO. The fourth-order valence-electron chi connectivity index (χ4n) is 7.87. The highest BCUT2D eigenvalue weighted by atomic mass is 16.5. The van der Waals surface area contributed by atoms with E-state index in [9.17, 15) is 25.2 Å². The highest BCUT2D eigenvalue weighted by Crippen LogP contribution is 2.39. The largest absolute Gasteiger partial charge is 0.493 e. The monoisotopic (exact) mass is 742 g/mol. The van der Waals surface area contributed by atoms with Gasteiger partial charge in [0.05, 0.1) is 32.5 Å². The predicted molar refractivity (Wildman–Crippen MR) is 219 cm³/mol. The Labute approximate surface area is 324 Å². The summed E-state index contributed by atoms with van der Waals surface area (Å²) in [5.41, 5.74) is 9.61. The molecule has 0 saturated heterocycles. The Morgan fingerprint density at radius 2 is 1.44 bits per heavy atom. The van der Waals surface area contributed by atoms with Crippen molar-refractivity contribution in [2.45, 2.75) is 123 Å².